The molecule has 122 valence electrons. The summed E-state index contributed by atoms with van der Waals surface area (Å²) >= 11 is 0. The minimum Gasteiger partial charge on any atom is -0.516 e. The minimum absolute atomic E-state index is 0.0582. The number of nitrogens with one attached hydrogen (secondary N) is 1. The Labute approximate surface area is 147 Å². The van der Waals surface area contributed by atoms with Crippen molar-refractivity contribution in [1.82, 2.24) is 0 Å². The summed E-state index contributed by atoms with van der Waals surface area (Å²) in [4.78, 5) is 4.75. The molecule has 3 heteroatoms. The van der Waals surface area contributed by atoms with E-state index in [-0.39, 0.29) is 6.04 Å². The van der Waals surface area contributed by atoms with Crippen LogP contribution in [-0.2, 0) is 0 Å². The largest absolute Gasteiger partial charge is 0.516 e. The van der Waals surface area contributed by atoms with Crippen molar-refractivity contribution in [3.8, 4) is 11.1 Å². The van der Waals surface area contributed by atoms with Gasteiger partial charge in [-0.2, -0.15) is 0 Å². The zero-order chi connectivity index (χ0) is 17.2. The first-order valence-electron chi connectivity index (χ1n) is 8.19. The zero-order valence-electron chi connectivity index (χ0n) is 13.7. The molecular weight excluding hydrogens is 308 g/mol. The summed E-state index contributed by atoms with van der Waals surface area (Å²) in [6, 6.07) is 16.6. The molecule has 0 saturated carbocycles. The number of benzene rings is 2. The standard InChI is InChI=1S/C22H18N2O/c1-15(8-6-7-13-25)19-14-23-21-18-11-3-2-9-16(18)17-10-4-5-12-20(17)24-22(19)21/h2-14,21,24-25H,1H2/b8-6-,13-7-. The first-order chi connectivity index (χ1) is 12.3. The van der Waals surface area contributed by atoms with Crippen molar-refractivity contribution >= 4 is 11.9 Å². The third kappa shape index (κ3) is 2.60. The molecule has 2 aromatic carbocycles. The number of rotatable bonds is 3. The molecule has 0 aromatic heterocycles. The molecular formula is C22H18N2O. The molecule has 1 atom stereocenters. The maximum Gasteiger partial charge on any atom is 0.116 e. The second-order valence-corrected chi connectivity index (χ2v) is 5.99. The van der Waals surface area contributed by atoms with Crippen LogP contribution < -0.4 is 5.32 Å². The van der Waals surface area contributed by atoms with Gasteiger partial charge < -0.3 is 10.4 Å². The van der Waals surface area contributed by atoms with E-state index in [9.17, 15) is 0 Å². The van der Waals surface area contributed by atoms with E-state index >= 15 is 0 Å². The number of para-hydroxylation sites is 1. The molecule has 2 heterocycles. The predicted molar refractivity (Wildman–Crippen MR) is 104 cm³/mol. The SMILES string of the molecule is C=C(/C=C\C=C/O)C1=C2Nc3ccccc3-c3ccccc3C2N=C1. The quantitative estimate of drug-likeness (QED) is 0.590. The Bertz CT molecular complexity index is 963. The van der Waals surface area contributed by atoms with E-state index in [1.54, 1.807) is 12.2 Å². The van der Waals surface area contributed by atoms with Gasteiger partial charge in [0, 0.05) is 23.0 Å². The monoisotopic (exact) mass is 326 g/mol. The highest BCUT2D eigenvalue weighted by Crippen LogP contribution is 2.45. The zero-order valence-corrected chi connectivity index (χ0v) is 13.7. The van der Waals surface area contributed by atoms with E-state index in [0.717, 1.165) is 28.8 Å². The third-order valence-electron chi connectivity index (χ3n) is 4.50. The minimum atomic E-state index is -0.0582. The van der Waals surface area contributed by atoms with Crippen LogP contribution in [0.2, 0.25) is 0 Å². The second-order valence-electron chi connectivity index (χ2n) is 5.99. The molecule has 0 bridgehead atoms. The van der Waals surface area contributed by atoms with Crippen LogP contribution in [0.15, 0.2) is 101 Å². The summed E-state index contributed by atoms with van der Waals surface area (Å²) in [5.74, 6) is 0. The van der Waals surface area contributed by atoms with Crippen LogP contribution in [0.4, 0.5) is 5.69 Å². The molecule has 25 heavy (non-hydrogen) atoms. The molecule has 0 aliphatic carbocycles. The molecule has 2 N–H and O–H groups in total. The number of nitrogens with zero attached hydrogens (tertiary/aromatic N) is 1. The summed E-state index contributed by atoms with van der Waals surface area (Å²) in [6.45, 7) is 4.15. The number of aliphatic imine (C=N–C) groups is 1. The fourth-order valence-electron chi connectivity index (χ4n) is 3.33. The van der Waals surface area contributed by atoms with Crippen LogP contribution in [-0.4, -0.2) is 11.3 Å². The predicted octanol–water partition coefficient (Wildman–Crippen LogP) is 5.34. The highest BCUT2D eigenvalue weighted by Gasteiger charge is 2.30. The number of allylic oxidation sites excluding steroid dienone is 5. The molecule has 3 nitrogen and oxygen atoms in total. The van der Waals surface area contributed by atoms with E-state index in [0.29, 0.717) is 0 Å². The summed E-state index contributed by atoms with van der Waals surface area (Å²) < 4.78 is 0. The maximum absolute atomic E-state index is 8.78. The number of hydrogen-bond acceptors (Lipinski definition) is 3. The molecule has 1 unspecified atom stereocenters. The van der Waals surface area contributed by atoms with Crippen molar-refractivity contribution < 1.29 is 5.11 Å². The maximum atomic E-state index is 8.78. The molecule has 0 saturated heterocycles. The third-order valence-corrected chi connectivity index (χ3v) is 4.50. The second kappa shape index (κ2) is 6.29. The molecule has 4 rings (SSSR count). The van der Waals surface area contributed by atoms with Crippen molar-refractivity contribution in [2.75, 3.05) is 5.32 Å². The molecule has 2 aromatic rings. The first kappa shape index (κ1) is 15.2. The van der Waals surface area contributed by atoms with Gasteiger partial charge in [-0.15, -0.1) is 0 Å². The summed E-state index contributed by atoms with van der Waals surface area (Å²) in [5, 5.41) is 12.4. The van der Waals surface area contributed by atoms with Crippen molar-refractivity contribution in [3.05, 3.63) is 102 Å². The smallest absolute Gasteiger partial charge is 0.116 e. The van der Waals surface area contributed by atoms with E-state index in [1.165, 1.54) is 16.7 Å². The van der Waals surface area contributed by atoms with Crippen molar-refractivity contribution in [3.63, 3.8) is 0 Å². The Morgan fingerprint density at radius 3 is 2.64 bits per heavy atom. The van der Waals surface area contributed by atoms with Gasteiger partial charge in [0.1, 0.15) is 6.04 Å². The Morgan fingerprint density at radius 1 is 1.04 bits per heavy atom. The van der Waals surface area contributed by atoms with Gasteiger partial charge in [-0.05, 0) is 28.8 Å². The van der Waals surface area contributed by atoms with E-state index in [1.807, 2.05) is 18.4 Å². The molecule has 0 radical (unpaired) electrons. The molecule has 0 amide bonds. The molecule has 0 fully saturated rings. The molecule has 2 aliphatic heterocycles. The van der Waals surface area contributed by atoms with Gasteiger partial charge in [-0.25, -0.2) is 0 Å². The van der Waals surface area contributed by atoms with Gasteiger partial charge in [0.15, 0.2) is 0 Å². The van der Waals surface area contributed by atoms with Crippen LogP contribution in [0.25, 0.3) is 11.1 Å². The number of fused-ring (bicyclic) bond motifs is 5. The fraction of sp³-hybridized carbons (Fsp3) is 0.0455. The lowest BCUT2D eigenvalue weighted by molar-refractivity contribution is 0.474. The van der Waals surface area contributed by atoms with Crippen LogP contribution in [0.3, 0.4) is 0 Å². The Balaban J connectivity index is 1.87. The number of hydrogen-bond donors (Lipinski definition) is 2. The normalized spacial score (nSPS) is 18.0. The van der Waals surface area contributed by atoms with Crippen LogP contribution in [0, 0.1) is 0 Å². The Kier molecular flexibility index (Phi) is 3.82. The van der Waals surface area contributed by atoms with Crippen LogP contribution in [0.5, 0.6) is 0 Å². The average molecular weight is 326 g/mol. The van der Waals surface area contributed by atoms with E-state index in [4.69, 9.17) is 10.1 Å². The lowest BCUT2D eigenvalue weighted by atomic mass is 9.94. The van der Waals surface area contributed by atoms with Crippen molar-refractivity contribution in [1.29, 1.82) is 0 Å². The average Bonchev–Trinajstić information content (AvgIpc) is 3.00. The van der Waals surface area contributed by atoms with Gasteiger partial charge >= 0.3 is 0 Å². The first-order valence-corrected chi connectivity index (χ1v) is 8.19. The number of anilines is 1. The van der Waals surface area contributed by atoms with Gasteiger partial charge in [0.05, 0.1) is 12.0 Å². The molecule has 2 aliphatic rings. The van der Waals surface area contributed by atoms with Gasteiger partial charge in [-0.1, -0.05) is 61.2 Å². The lowest BCUT2D eigenvalue weighted by Gasteiger charge is -2.15. The number of aliphatic hydroxyl groups excluding tert-OH is 1. The van der Waals surface area contributed by atoms with Crippen LogP contribution >= 0.6 is 0 Å². The fourth-order valence-corrected chi connectivity index (χ4v) is 3.33. The van der Waals surface area contributed by atoms with Gasteiger partial charge in [-0.3, -0.25) is 4.99 Å². The summed E-state index contributed by atoms with van der Waals surface area (Å²) in [6.07, 6.45) is 8.07. The van der Waals surface area contributed by atoms with E-state index in [2.05, 4.69) is 54.4 Å². The topological polar surface area (TPSA) is 44.6 Å². The summed E-state index contributed by atoms with van der Waals surface area (Å²) in [5.41, 5.74) is 7.52. The van der Waals surface area contributed by atoms with Crippen LogP contribution in [0.1, 0.15) is 11.6 Å². The Morgan fingerprint density at radius 2 is 1.80 bits per heavy atom. The molecule has 0 spiro atoms. The number of aliphatic hydroxyl groups is 1. The van der Waals surface area contributed by atoms with Crippen molar-refractivity contribution in [2.45, 2.75) is 6.04 Å². The highest BCUT2D eigenvalue weighted by molar-refractivity contribution is 5.94. The van der Waals surface area contributed by atoms with Gasteiger partial charge in [0.25, 0.3) is 0 Å². The summed E-state index contributed by atoms with van der Waals surface area (Å²) in [7, 11) is 0. The Hall–Kier alpha value is -3.33. The highest BCUT2D eigenvalue weighted by atomic mass is 16.2. The van der Waals surface area contributed by atoms with Crippen molar-refractivity contribution in [2.24, 2.45) is 4.99 Å². The van der Waals surface area contributed by atoms with Gasteiger partial charge in [0.2, 0.25) is 0 Å². The lowest BCUT2D eigenvalue weighted by Crippen LogP contribution is -2.07. The van der Waals surface area contributed by atoms with E-state index < -0.39 is 0 Å².